The van der Waals surface area contributed by atoms with Gasteiger partial charge in [0, 0.05) is 22.8 Å². The summed E-state index contributed by atoms with van der Waals surface area (Å²) < 4.78 is 28.2. The lowest BCUT2D eigenvalue weighted by molar-refractivity contribution is 0.378. The molecule has 0 radical (unpaired) electrons. The molecular formula is C19H23ClN2O2S. The SMILES string of the molecule is Cc1cccc(N[C@@H]2CCCC[C@@H]2NS(=O)(=O)c2ccc(Cl)cc2)c1. The number of anilines is 1. The Bertz CT molecular complexity index is 822. The Kier molecular flexibility index (Phi) is 5.67. The largest absolute Gasteiger partial charge is 0.381 e. The van der Waals surface area contributed by atoms with Crippen LogP contribution in [-0.2, 0) is 10.0 Å². The van der Waals surface area contributed by atoms with Crippen molar-refractivity contribution in [2.45, 2.75) is 49.6 Å². The fourth-order valence-electron chi connectivity index (χ4n) is 3.27. The van der Waals surface area contributed by atoms with E-state index >= 15 is 0 Å². The van der Waals surface area contributed by atoms with Crippen LogP contribution >= 0.6 is 11.6 Å². The summed E-state index contributed by atoms with van der Waals surface area (Å²) >= 11 is 5.85. The van der Waals surface area contributed by atoms with Crippen LogP contribution in [0.3, 0.4) is 0 Å². The van der Waals surface area contributed by atoms with E-state index in [4.69, 9.17) is 11.6 Å². The third kappa shape index (κ3) is 4.75. The summed E-state index contributed by atoms with van der Waals surface area (Å²) in [5.74, 6) is 0. The molecular weight excluding hydrogens is 356 g/mol. The van der Waals surface area contributed by atoms with E-state index in [9.17, 15) is 8.42 Å². The first-order valence-corrected chi connectivity index (χ1v) is 10.4. The van der Waals surface area contributed by atoms with E-state index in [1.54, 1.807) is 12.1 Å². The molecule has 0 saturated heterocycles. The molecule has 6 heteroatoms. The minimum Gasteiger partial charge on any atom is -0.381 e. The molecule has 1 fully saturated rings. The zero-order valence-electron chi connectivity index (χ0n) is 14.2. The second kappa shape index (κ2) is 7.77. The van der Waals surface area contributed by atoms with Crippen molar-refractivity contribution in [3.05, 3.63) is 59.1 Å². The molecule has 1 saturated carbocycles. The molecule has 0 heterocycles. The van der Waals surface area contributed by atoms with Crippen LogP contribution in [0.1, 0.15) is 31.2 Å². The number of aryl methyl sites for hydroxylation is 1. The van der Waals surface area contributed by atoms with Crippen molar-refractivity contribution in [3.63, 3.8) is 0 Å². The van der Waals surface area contributed by atoms with Gasteiger partial charge in [-0.2, -0.15) is 0 Å². The van der Waals surface area contributed by atoms with E-state index in [1.807, 2.05) is 25.1 Å². The Morgan fingerprint density at radius 1 is 1.00 bits per heavy atom. The summed E-state index contributed by atoms with van der Waals surface area (Å²) in [6.45, 7) is 2.05. The average molecular weight is 379 g/mol. The van der Waals surface area contributed by atoms with Crippen molar-refractivity contribution >= 4 is 27.3 Å². The van der Waals surface area contributed by atoms with Crippen LogP contribution in [0.15, 0.2) is 53.4 Å². The minimum absolute atomic E-state index is 0.0811. The highest BCUT2D eigenvalue weighted by atomic mass is 35.5. The molecule has 0 spiro atoms. The summed E-state index contributed by atoms with van der Waals surface area (Å²) in [5, 5.41) is 4.03. The maximum atomic E-state index is 12.7. The Hall–Kier alpha value is -1.56. The number of hydrogen-bond donors (Lipinski definition) is 2. The van der Waals surface area contributed by atoms with Gasteiger partial charge >= 0.3 is 0 Å². The van der Waals surface area contributed by atoms with Crippen LogP contribution in [0.4, 0.5) is 5.69 Å². The van der Waals surface area contributed by atoms with Gasteiger partial charge in [0.25, 0.3) is 0 Å². The molecule has 0 aliphatic heterocycles. The van der Waals surface area contributed by atoms with Gasteiger partial charge in [0.2, 0.25) is 10.0 Å². The van der Waals surface area contributed by atoms with Crippen molar-refractivity contribution in [1.29, 1.82) is 0 Å². The first-order chi connectivity index (χ1) is 11.9. The smallest absolute Gasteiger partial charge is 0.240 e. The van der Waals surface area contributed by atoms with Crippen molar-refractivity contribution in [3.8, 4) is 0 Å². The topological polar surface area (TPSA) is 58.2 Å². The lowest BCUT2D eigenvalue weighted by Crippen LogP contribution is -2.48. The van der Waals surface area contributed by atoms with Crippen LogP contribution in [0, 0.1) is 6.92 Å². The number of halogens is 1. The van der Waals surface area contributed by atoms with E-state index in [-0.39, 0.29) is 17.0 Å². The Balaban J connectivity index is 1.75. The van der Waals surface area contributed by atoms with E-state index in [2.05, 4.69) is 16.1 Å². The van der Waals surface area contributed by atoms with Crippen LogP contribution < -0.4 is 10.0 Å². The molecule has 1 aliphatic carbocycles. The quantitative estimate of drug-likeness (QED) is 0.813. The van der Waals surface area contributed by atoms with Gasteiger partial charge in [-0.3, -0.25) is 0 Å². The van der Waals surface area contributed by atoms with Gasteiger partial charge in [-0.25, -0.2) is 13.1 Å². The van der Waals surface area contributed by atoms with Gasteiger partial charge in [0.1, 0.15) is 0 Å². The van der Waals surface area contributed by atoms with Crippen LogP contribution in [0.25, 0.3) is 0 Å². The number of rotatable bonds is 5. The molecule has 0 amide bonds. The maximum Gasteiger partial charge on any atom is 0.240 e. The number of nitrogens with one attached hydrogen (secondary N) is 2. The van der Waals surface area contributed by atoms with E-state index < -0.39 is 10.0 Å². The molecule has 1 aliphatic rings. The van der Waals surface area contributed by atoms with Gasteiger partial charge < -0.3 is 5.32 Å². The number of hydrogen-bond acceptors (Lipinski definition) is 3. The Morgan fingerprint density at radius 3 is 2.36 bits per heavy atom. The summed E-state index contributed by atoms with van der Waals surface area (Å²) in [4.78, 5) is 0.247. The molecule has 0 unspecified atom stereocenters. The molecule has 2 aromatic rings. The van der Waals surface area contributed by atoms with Gasteiger partial charge in [-0.15, -0.1) is 0 Å². The third-order valence-electron chi connectivity index (χ3n) is 4.57. The standard InChI is InChI=1S/C19H23ClN2O2S/c1-14-5-4-6-16(13-14)21-18-7-2-3-8-19(18)22-25(23,24)17-11-9-15(20)10-12-17/h4-6,9-13,18-19,21-22H,2-3,7-8H2,1H3/t18-,19+/m1/s1. The fourth-order valence-corrected chi connectivity index (χ4v) is 4.71. The molecule has 3 rings (SSSR count). The molecule has 2 aromatic carbocycles. The number of sulfonamides is 1. The zero-order chi connectivity index (χ0) is 17.9. The van der Waals surface area contributed by atoms with Gasteiger partial charge in [-0.1, -0.05) is 36.6 Å². The summed E-state index contributed by atoms with van der Waals surface area (Å²) in [6, 6.07) is 14.4. The lowest BCUT2D eigenvalue weighted by Gasteiger charge is -2.33. The van der Waals surface area contributed by atoms with Crippen LogP contribution in [-0.4, -0.2) is 20.5 Å². The predicted molar refractivity (Wildman–Crippen MR) is 103 cm³/mol. The first kappa shape index (κ1) is 18.2. The molecule has 25 heavy (non-hydrogen) atoms. The Morgan fingerprint density at radius 2 is 1.68 bits per heavy atom. The van der Waals surface area contributed by atoms with Crippen molar-refractivity contribution < 1.29 is 8.42 Å². The van der Waals surface area contributed by atoms with E-state index in [0.29, 0.717) is 5.02 Å². The fraction of sp³-hybridized carbons (Fsp3) is 0.368. The summed E-state index contributed by atoms with van der Waals surface area (Å²) in [7, 11) is -3.56. The Labute approximate surface area is 154 Å². The monoisotopic (exact) mass is 378 g/mol. The van der Waals surface area contributed by atoms with Crippen molar-refractivity contribution in [2.75, 3.05) is 5.32 Å². The average Bonchev–Trinajstić information content (AvgIpc) is 2.57. The second-order valence-corrected chi connectivity index (χ2v) is 8.74. The first-order valence-electron chi connectivity index (χ1n) is 8.55. The molecule has 4 nitrogen and oxygen atoms in total. The summed E-state index contributed by atoms with van der Waals surface area (Å²) in [5.41, 5.74) is 2.21. The van der Waals surface area contributed by atoms with Crippen LogP contribution in [0.2, 0.25) is 5.02 Å². The molecule has 0 aromatic heterocycles. The van der Waals surface area contributed by atoms with Crippen molar-refractivity contribution in [1.82, 2.24) is 4.72 Å². The third-order valence-corrected chi connectivity index (χ3v) is 6.32. The van der Waals surface area contributed by atoms with E-state index in [1.165, 1.54) is 17.7 Å². The minimum atomic E-state index is -3.56. The lowest BCUT2D eigenvalue weighted by atomic mass is 9.91. The van der Waals surface area contributed by atoms with Gasteiger partial charge in [0.15, 0.2) is 0 Å². The highest BCUT2D eigenvalue weighted by Gasteiger charge is 2.29. The highest BCUT2D eigenvalue weighted by molar-refractivity contribution is 7.89. The maximum absolute atomic E-state index is 12.7. The highest BCUT2D eigenvalue weighted by Crippen LogP contribution is 2.25. The molecule has 2 atom stereocenters. The van der Waals surface area contributed by atoms with Gasteiger partial charge in [-0.05, 0) is 61.7 Å². The molecule has 134 valence electrons. The molecule has 0 bridgehead atoms. The summed E-state index contributed by atoms with van der Waals surface area (Å²) in [6.07, 6.45) is 3.90. The van der Waals surface area contributed by atoms with E-state index in [0.717, 1.165) is 31.4 Å². The van der Waals surface area contributed by atoms with Crippen LogP contribution in [0.5, 0.6) is 0 Å². The predicted octanol–water partition coefficient (Wildman–Crippen LogP) is 4.35. The zero-order valence-corrected chi connectivity index (χ0v) is 15.8. The van der Waals surface area contributed by atoms with Crippen molar-refractivity contribution in [2.24, 2.45) is 0 Å². The second-order valence-electron chi connectivity index (χ2n) is 6.59. The molecule has 2 N–H and O–H groups in total. The normalized spacial score (nSPS) is 21.0. The number of benzene rings is 2. The van der Waals surface area contributed by atoms with Gasteiger partial charge in [0.05, 0.1) is 4.90 Å².